The Labute approximate surface area is 137 Å². The molecule has 22 heavy (non-hydrogen) atoms. The number of anilines is 1. The van der Waals surface area contributed by atoms with Gasteiger partial charge in [0.25, 0.3) is 0 Å². The first-order valence-electron chi connectivity index (χ1n) is 7.74. The lowest BCUT2D eigenvalue weighted by atomic mass is 9.79. The summed E-state index contributed by atoms with van der Waals surface area (Å²) in [6, 6.07) is 3.85. The highest BCUT2D eigenvalue weighted by Gasteiger charge is 2.63. The van der Waals surface area contributed by atoms with Crippen molar-refractivity contribution in [2.75, 3.05) is 5.32 Å². The lowest BCUT2D eigenvalue weighted by molar-refractivity contribution is -0.145. The Hall–Kier alpha value is -1.36. The van der Waals surface area contributed by atoms with E-state index in [1.807, 2.05) is 26.0 Å². The van der Waals surface area contributed by atoms with Crippen LogP contribution in [0.25, 0.3) is 0 Å². The van der Waals surface area contributed by atoms with Gasteiger partial charge in [-0.1, -0.05) is 15.9 Å². The SMILES string of the molecule is Cc1c(Br)ccc(NC(=O)[C@H]2[C@@H]3C[C@@H]4[C@@H]2C(=O)O[C@@H]4C3)c1C. The molecule has 3 aliphatic rings. The standard InChI is InChI=1S/C17H18BrNO3/c1-7-8(2)12(4-3-11(7)18)19-16(20)14-9-5-10-13(6-9)22-17(21)15(10)14/h3-4,9-10,13-15H,5-6H2,1-2H3,(H,19,20)/t9-,10+,13-,14+,15+/m1/s1. The van der Waals surface area contributed by atoms with E-state index < -0.39 is 0 Å². The summed E-state index contributed by atoms with van der Waals surface area (Å²) in [5.74, 6) is -0.0806. The maximum Gasteiger partial charge on any atom is 0.310 e. The molecular formula is C17H18BrNO3. The van der Waals surface area contributed by atoms with Crippen molar-refractivity contribution in [3.05, 3.63) is 27.7 Å². The number of hydrogen-bond acceptors (Lipinski definition) is 3. The van der Waals surface area contributed by atoms with Gasteiger partial charge >= 0.3 is 5.97 Å². The molecule has 0 unspecified atom stereocenters. The largest absolute Gasteiger partial charge is 0.462 e. The third kappa shape index (κ3) is 1.87. The zero-order valence-electron chi connectivity index (χ0n) is 12.6. The molecule has 116 valence electrons. The topological polar surface area (TPSA) is 55.4 Å². The van der Waals surface area contributed by atoms with E-state index in [0.29, 0.717) is 5.92 Å². The fraction of sp³-hybridized carbons (Fsp3) is 0.529. The summed E-state index contributed by atoms with van der Waals surface area (Å²) in [4.78, 5) is 24.8. The number of hydrogen-bond donors (Lipinski definition) is 1. The number of halogens is 1. The third-order valence-electron chi connectivity index (χ3n) is 5.76. The van der Waals surface area contributed by atoms with E-state index >= 15 is 0 Å². The predicted octanol–water partition coefficient (Wildman–Crippen LogP) is 3.20. The summed E-state index contributed by atoms with van der Waals surface area (Å²) in [5, 5.41) is 3.04. The highest BCUT2D eigenvalue weighted by molar-refractivity contribution is 9.10. The first-order chi connectivity index (χ1) is 10.5. The van der Waals surface area contributed by atoms with Crippen molar-refractivity contribution in [2.24, 2.45) is 23.7 Å². The number of esters is 1. The lowest BCUT2D eigenvalue weighted by Gasteiger charge is -2.24. The minimum Gasteiger partial charge on any atom is -0.462 e. The average molecular weight is 364 g/mol. The summed E-state index contributed by atoms with van der Waals surface area (Å²) in [6.07, 6.45) is 1.88. The maximum atomic E-state index is 12.8. The van der Waals surface area contributed by atoms with Crippen LogP contribution in [0.1, 0.15) is 24.0 Å². The molecule has 2 aliphatic carbocycles. The number of rotatable bonds is 2. The van der Waals surface area contributed by atoms with E-state index in [2.05, 4.69) is 21.2 Å². The van der Waals surface area contributed by atoms with Crippen LogP contribution in [-0.2, 0) is 14.3 Å². The summed E-state index contributed by atoms with van der Waals surface area (Å²) < 4.78 is 6.44. The Morgan fingerprint density at radius 1 is 1.27 bits per heavy atom. The van der Waals surface area contributed by atoms with Crippen LogP contribution >= 0.6 is 15.9 Å². The fourth-order valence-electron chi connectivity index (χ4n) is 4.50. The molecule has 1 N–H and O–H groups in total. The number of benzene rings is 1. The maximum absolute atomic E-state index is 12.8. The van der Waals surface area contributed by atoms with Crippen LogP contribution in [0, 0.1) is 37.5 Å². The summed E-state index contributed by atoms with van der Waals surface area (Å²) in [6.45, 7) is 4.02. The van der Waals surface area contributed by atoms with E-state index in [1.54, 1.807) is 0 Å². The van der Waals surface area contributed by atoms with Crippen molar-refractivity contribution in [1.82, 2.24) is 0 Å². The van der Waals surface area contributed by atoms with Crippen molar-refractivity contribution in [2.45, 2.75) is 32.8 Å². The van der Waals surface area contributed by atoms with Crippen LogP contribution in [0.2, 0.25) is 0 Å². The number of carbonyl (C=O) groups is 2. The molecule has 1 aromatic carbocycles. The number of carbonyl (C=O) groups excluding carboxylic acids is 2. The molecule has 1 amide bonds. The number of nitrogens with one attached hydrogen (secondary N) is 1. The molecule has 4 nitrogen and oxygen atoms in total. The van der Waals surface area contributed by atoms with Crippen LogP contribution in [0.3, 0.4) is 0 Å². The highest BCUT2D eigenvalue weighted by atomic mass is 79.9. The smallest absolute Gasteiger partial charge is 0.310 e. The third-order valence-corrected chi connectivity index (χ3v) is 6.62. The van der Waals surface area contributed by atoms with Crippen LogP contribution in [0.15, 0.2) is 16.6 Å². The second-order valence-electron chi connectivity index (χ2n) is 6.76. The van der Waals surface area contributed by atoms with Gasteiger partial charge in [-0.25, -0.2) is 0 Å². The van der Waals surface area contributed by atoms with Gasteiger partial charge in [-0.05, 0) is 55.9 Å². The Bertz CT molecular complexity index is 685. The summed E-state index contributed by atoms with van der Waals surface area (Å²) >= 11 is 3.50. The minimum atomic E-state index is -0.223. The van der Waals surface area contributed by atoms with E-state index in [9.17, 15) is 9.59 Å². The van der Waals surface area contributed by atoms with E-state index in [-0.39, 0.29) is 35.7 Å². The number of amides is 1. The summed E-state index contributed by atoms with van der Waals surface area (Å²) in [7, 11) is 0. The molecule has 1 aliphatic heterocycles. The number of ether oxygens (including phenoxy) is 1. The van der Waals surface area contributed by atoms with Crippen molar-refractivity contribution in [3.63, 3.8) is 0 Å². The molecule has 2 bridgehead atoms. The van der Waals surface area contributed by atoms with Gasteiger partial charge in [0, 0.05) is 16.1 Å². The van der Waals surface area contributed by atoms with Gasteiger partial charge in [-0.2, -0.15) is 0 Å². The molecule has 0 radical (unpaired) electrons. The molecule has 5 atom stereocenters. The van der Waals surface area contributed by atoms with Gasteiger partial charge in [0.1, 0.15) is 6.10 Å². The minimum absolute atomic E-state index is 0.0281. The molecule has 2 saturated carbocycles. The van der Waals surface area contributed by atoms with E-state index in [1.165, 1.54) is 0 Å². The molecule has 1 saturated heterocycles. The van der Waals surface area contributed by atoms with Gasteiger partial charge in [0.2, 0.25) is 5.91 Å². The average Bonchev–Trinajstić information content (AvgIpc) is 3.09. The second kappa shape index (κ2) is 4.82. The van der Waals surface area contributed by atoms with Gasteiger partial charge in [-0.15, -0.1) is 0 Å². The van der Waals surface area contributed by atoms with Gasteiger partial charge < -0.3 is 10.1 Å². The molecule has 3 fully saturated rings. The van der Waals surface area contributed by atoms with Crippen molar-refractivity contribution < 1.29 is 14.3 Å². The van der Waals surface area contributed by atoms with Crippen LogP contribution < -0.4 is 5.32 Å². The van der Waals surface area contributed by atoms with Gasteiger partial charge in [0.15, 0.2) is 0 Å². The molecule has 4 rings (SSSR count). The van der Waals surface area contributed by atoms with Crippen molar-refractivity contribution in [3.8, 4) is 0 Å². The molecule has 0 spiro atoms. The highest BCUT2D eigenvalue weighted by Crippen LogP contribution is 2.57. The Morgan fingerprint density at radius 3 is 2.82 bits per heavy atom. The molecule has 0 aromatic heterocycles. The summed E-state index contributed by atoms with van der Waals surface area (Å²) in [5.41, 5.74) is 3.00. The van der Waals surface area contributed by atoms with E-state index in [4.69, 9.17) is 4.74 Å². The Kier molecular flexibility index (Phi) is 3.12. The molecule has 5 heteroatoms. The first-order valence-corrected chi connectivity index (χ1v) is 8.53. The zero-order chi connectivity index (χ0) is 15.6. The molecular weight excluding hydrogens is 346 g/mol. The molecule has 1 heterocycles. The van der Waals surface area contributed by atoms with E-state index in [0.717, 1.165) is 34.1 Å². The monoisotopic (exact) mass is 363 g/mol. The lowest BCUT2D eigenvalue weighted by Crippen LogP contribution is -2.36. The quantitative estimate of drug-likeness (QED) is 0.820. The normalized spacial score (nSPS) is 34.9. The Balaban J connectivity index is 1.59. The first kappa shape index (κ1) is 14.2. The second-order valence-corrected chi connectivity index (χ2v) is 7.61. The Morgan fingerprint density at radius 2 is 2.05 bits per heavy atom. The number of fused-ring (bicyclic) bond motifs is 1. The van der Waals surface area contributed by atoms with Crippen LogP contribution in [-0.4, -0.2) is 18.0 Å². The van der Waals surface area contributed by atoms with Crippen LogP contribution in [0.4, 0.5) is 5.69 Å². The molecule has 1 aromatic rings. The van der Waals surface area contributed by atoms with Gasteiger partial charge in [-0.3, -0.25) is 9.59 Å². The fourth-order valence-corrected chi connectivity index (χ4v) is 4.93. The van der Waals surface area contributed by atoms with Crippen LogP contribution in [0.5, 0.6) is 0 Å². The van der Waals surface area contributed by atoms with Crippen molar-refractivity contribution >= 4 is 33.5 Å². The zero-order valence-corrected chi connectivity index (χ0v) is 14.1. The van der Waals surface area contributed by atoms with Crippen molar-refractivity contribution in [1.29, 1.82) is 0 Å². The predicted molar refractivity (Wildman–Crippen MR) is 85.3 cm³/mol. The van der Waals surface area contributed by atoms with Gasteiger partial charge in [0.05, 0.1) is 11.8 Å².